The summed E-state index contributed by atoms with van der Waals surface area (Å²) in [6.07, 6.45) is 1.95. The molecular formula is C20H26N4O2. The van der Waals surface area contributed by atoms with Gasteiger partial charge in [0, 0.05) is 24.5 Å². The van der Waals surface area contributed by atoms with Gasteiger partial charge in [-0.05, 0) is 36.2 Å². The van der Waals surface area contributed by atoms with Crippen molar-refractivity contribution in [3.63, 3.8) is 0 Å². The molecule has 26 heavy (non-hydrogen) atoms. The smallest absolute Gasteiger partial charge is 0.322 e. The Kier molecular flexibility index (Phi) is 7.64. The molecule has 0 fully saturated rings. The molecule has 0 aromatic heterocycles. The fraction of sp³-hybridized carbons (Fsp3) is 0.300. The molecule has 2 aromatic carbocycles. The number of nitrogens with zero attached hydrogens (tertiary/aromatic N) is 1. The van der Waals surface area contributed by atoms with Crippen LogP contribution in [0.3, 0.4) is 0 Å². The number of unbranched alkanes of at least 4 members (excludes halogenated alkanes) is 1. The van der Waals surface area contributed by atoms with Crippen LogP contribution in [-0.2, 0) is 11.3 Å². The Balaban J connectivity index is 2.02. The molecule has 0 aliphatic heterocycles. The van der Waals surface area contributed by atoms with E-state index in [4.69, 9.17) is 5.73 Å². The van der Waals surface area contributed by atoms with Crippen molar-refractivity contribution in [3.8, 4) is 0 Å². The van der Waals surface area contributed by atoms with Gasteiger partial charge in [0.15, 0.2) is 0 Å². The summed E-state index contributed by atoms with van der Waals surface area (Å²) >= 11 is 0. The Morgan fingerprint density at radius 3 is 2.23 bits per heavy atom. The van der Waals surface area contributed by atoms with Crippen LogP contribution in [0, 0.1) is 0 Å². The van der Waals surface area contributed by atoms with Crippen molar-refractivity contribution in [2.45, 2.75) is 26.3 Å². The molecule has 3 amide bonds. The highest BCUT2D eigenvalue weighted by atomic mass is 16.2. The Hall–Kier alpha value is -2.86. The van der Waals surface area contributed by atoms with E-state index < -0.39 is 0 Å². The van der Waals surface area contributed by atoms with Crippen molar-refractivity contribution in [3.05, 3.63) is 60.2 Å². The Bertz CT molecular complexity index is 702. The number of nitrogens with two attached hydrogens (primary N) is 1. The van der Waals surface area contributed by atoms with E-state index in [9.17, 15) is 9.59 Å². The maximum Gasteiger partial charge on any atom is 0.322 e. The van der Waals surface area contributed by atoms with Crippen LogP contribution in [0.15, 0.2) is 54.6 Å². The molecule has 4 N–H and O–H groups in total. The number of hydrogen-bond acceptors (Lipinski definition) is 3. The maximum absolute atomic E-state index is 12.6. The number of carbonyl (C=O) groups is 2. The summed E-state index contributed by atoms with van der Waals surface area (Å²) in [6.45, 7) is 3.24. The highest BCUT2D eigenvalue weighted by Gasteiger charge is 2.14. The topological polar surface area (TPSA) is 87.5 Å². The Morgan fingerprint density at radius 2 is 1.62 bits per heavy atom. The molecule has 2 aromatic rings. The lowest BCUT2D eigenvalue weighted by Gasteiger charge is -2.23. The van der Waals surface area contributed by atoms with Gasteiger partial charge >= 0.3 is 6.03 Å². The zero-order valence-electron chi connectivity index (χ0n) is 15.1. The fourth-order valence-corrected chi connectivity index (χ4v) is 2.45. The first-order chi connectivity index (χ1) is 12.6. The van der Waals surface area contributed by atoms with Gasteiger partial charge in [-0.1, -0.05) is 43.7 Å². The van der Waals surface area contributed by atoms with Gasteiger partial charge in [0.05, 0.1) is 6.54 Å². The van der Waals surface area contributed by atoms with Crippen LogP contribution in [0.4, 0.5) is 16.2 Å². The second-order valence-electron chi connectivity index (χ2n) is 6.02. The predicted molar refractivity (Wildman–Crippen MR) is 105 cm³/mol. The van der Waals surface area contributed by atoms with Gasteiger partial charge < -0.3 is 21.3 Å². The summed E-state index contributed by atoms with van der Waals surface area (Å²) in [5.74, 6) is -0.232. The quantitative estimate of drug-likeness (QED) is 0.679. The van der Waals surface area contributed by atoms with Crippen molar-refractivity contribution in [1.82, 2.24) is 4.90 Å². The van der Waals surface area contributed by atoms with Crippen LogP contribution in [-0.4, -0.2) is 29.9 Å². The summed E-state index contributed by atoms with van der Waals surface area (Å²) in [5.41, 5.74) is 7.76. The summed E-state index contributed by atoms with van der Waals surface area (Å²) in [6, 6.07) is 16.7. The van der Waals surface area contributed by atoms with Gasteiger partial charge in [-0.25, -0.2) is 4.79 Å². The van der Waals surface area contributed by atoms with Gasteiger partial charge in [-0.2, -0.15) is 0 Å². The molecule has 0 bridgehead atoms. The van der Waals surface area contributed by atoms with Crippen molar-refractivity contribution < 1.29 is 9.59 Å². The molecule has 2 rings (SSSR count). The van der Waals surface area contributed by atoms with E-state index in [1.165, 1.54) is 0 Å². The third kappa shape index (κ3) is 6.22. The van der Waals surface area contributed by atoms with E-state index in [-0.39, 0.29) is 18.5 Å². The number of nitrogens with one attached hydrogen (secondary N) is 2. The summed E-state index contributed by atoms with van der Waals surface area (Å²) in [4.78, 5) is 25.7. The lowest BCUT2D eigenvalue weighted by molar-refractivity contribution is -0.114. The molecule has 0 saturated heterocycles. The monoisotopic (exact) mass is 354 g/mol. The molecule has 0 unspecified atom stereocenters. The number of urea groups is 1. The average molecular weight is 354 g/mol. The van der Waals surface area contributed by atoms with Crippen LogP contribution >= 0.6 is 0 Å². The van der Waals surface area contributed by atoms with Crippen molar-refractivity contribution in [2.75, 3.05) is 23.7 Å². The first-order valence-electron chi connectivity index (χ1n) is 8.82. The van der Waals surface area contributed by atoms with Crippen molar-refractivity contribution >= 4 is 23.3 Å². The SMILES string of the molecule is CCCCN(Cc1ccc(NC(=O)CN)cc1)C(=O)Nc1ccccc1. The van der Waals surface area contributed by atoms with E-state index in [2.05, 4.69) is 17.6 Å². The molecule has 6 heteroatoms. The first-order valence-corrected chi connectivity index (χ1v) is 8.82. The van der Waals surface area contributed by atoms with E-state index in [0.717, 1.165) is 24.1 Å². The number of amides is 3. The Morgan fingerprint density at radius 1 is 0.962 bits per heavy atom. The summed E-state index contributed by atoms with van der Waals surface area (Å²) in [7, 11) is 0. The number of para-hydroxylation sites is 1. The van der Waals surface area contributed by atoms with Gasteiger partial charge in [-0.3, -0.25) is 4.79 Å². The number of hydrogen-bond donors (Lipinski definition) is 3. The van der Waals surface area contributed by atoms with Crippen molar-refractivity contribution in [1.29, 1.82) is 0 Å². The van der Waals surface area contributed by atoms with Crippen LogP contribution in [0.5, 0.6) is 0 Å². The standard InChI is InChI=1S/C20H26N4O2/c1-2-3-13-24(20(26)23-17-7-5-4-6-8-17)15-16-9-11-18(12-10-16)22-19(25)14-21/h4-12H,2-3,13-15,21H2,1H3,(H,22,25)(H,23,26). The maximum atomic E-state index is 12.6. The van der Waals surface area contributed by atoms with Gasteiger partial charge in [-0.15, -0.1) is 0 Å². The predicted octanol–water partition coefficient (Wildman–Crippen LogP) is 3.42. The minimum absolute atomic E-state index is 0.0494. The lowest BCUT2D eigenvalue weighted by Crippen LogP contribution is -2.35. The van der Waals surface area contributed by atoms with Gasteiger partial charge in [0.2, 0.25) is 5.91 Å². The lowest BCUT2D eigenvalue weighted by atomic mass is 10.2. The number of rotatable bonds is 8. The zero-order chi connectivity index (χ0) is 18.8. The third-order valence-corrected chi connectivity index (χ3v) is 3.89. The second-order valence-corrected chi connectivity index (χ2v) is 6.02. The molecule has 138 valence electrons. The molecule has 0 atom stereocenters. The second kappa shape index (κ2) is 10.2. The molecular weight excluding hydrogens is 328 g/mol. The van der Waals surface area contributed by atoms with E-state index in [0.29, 0.717) is 18.8 Å². The summed E-state index contributed by atoms with van der Waals surface area (Å²) < 4.78 is 0. The molecule has 0 saturated carbocycles. The molecule has 0 aliphatic carbocycles. The van der Waals surface area contributed by atoms with E-state index in [1.807, 2.05) is 54.6 Å². The zero-order valence-corrected chi connectivity index (χ0v) is 15.1. The van der Waals surface area contributed by atoms with Crippen LogP contribution < -0.4 is 16.4 Å². The highest BCUT2D eigenvalue weighted by molar-refractivity contribution is 5.92. The van der Waals surface area contributed by atoms with Crippen LogP contribution in [0.1, 0.15) is 25.3 Å². The molecule has 0 spiro atoms. The van der Waals surface area contributed by atoms with Gasteiger partial charge in [0.1, 0.15) is 0 Å². The third-order valence-electron chi connectivity index (χ3n) is 3.89. The van der Waals surface area contributed by atoms with Gasteiger partial charge in [0.25, 0.3) is 0 Å². The minimum atomic E-state index is -0.232. The molecule has 0 aliphatic rings. The number of benzene rings is 2. The fourth-order valence-electron chi connectivity index (χ4n) is 2.45. The normalized spacial score (nSPS) is 10.2. The van der Waals surface area contributed by atoms with Crippen LogP contribution in [0.25, 0.3) is 0 Å². The largest absolute Gasteiger partial charge is 0.325 e. The first kappa shape index (κ1) is 19.5. The molecule has 6 nitrogen and oxygen atoms in total. The molecule has 0 radical (unpaired) electrons. The minimum Gasteiger partial charge on any atom is -0.325 e. The average Bonchev–Trinajstić information content (AvgIpc) is 2.67. The van der Waals surface area contributed by atoms with E-state index in [1.54, 1.807) is 4.90 Å². The Labute approximate surface area is 154 Å². The number of carbonyl (C=O) groups excluding carboxylic acids is 2. The summed E-state index contributed by atoms with van der Waals surface area (Å²) in [5, 5.41) is 5.64. The van der Waals surface area contributed by atoms with E-state index >= 15 is 0 Å². The highest BCUT2D eigenvalue weighted by Crippen LogP contribution is 2.14. The molecule has 0 heterocycles. The van der Waals surface area contributed by atoms with Crippen molar-refractivity contribution in [2.24, 2.45) is 5.73 Å². The van der Waals surface area contributed by atoms with Crippen LogP contribution in [0.2, 0.25) is 0 Å². The number of anilines is 2.